The maximum Gasteiger partial charge on any atom is 0.135 e. The van der Waals surface area contributed by atoms with Gasteiger partial charge in [0.1, 0.15) is 23.2 Å². The standard InChI is InChI=1S/C35H36N4O.Pt/c1-33(2,3)24-18-19-36-32(20-24)39-30-15-10-9-14-28(30)29-17-16-27(22-31(29)39)40-26-13-11-12-25(21-26)38-23-37(8)34(4,5)35(38,6)7;/h9-20H,1-8H3;/q-2;. The molecule has 3 aromatic carbocycles. The quantitative estimate of drug-likeness (QED) is 0.140. The normalized spacial score (nSPS) is 16.1. The van der Waals surface area contributed by atoms with Crippen LogP contribution in [0.2, 0.25) is 0 Å². The van der Waals surface area contributed by atoms with Crippen LogP contribution in [-0.2, 0) is 26.5 Å². The summed E-state index contributed by atoms with van der Waals surface area (Å²) >= 11 is 0. The number of hydrogen-bond donors (Lipinski definition) is 0. The van der Waals surface area contributed by atoms with Crippen LogP contribution in [0.1, 0.15) is 54.0 Å². The van der Waals surface area contributed by atoms with Crippen molar-refractivity contribution in [2.75, 3.05) is 11.9 Å². The van der Waals surface area contributed by atoms with Crippen LogP contribution in [0.15, 0.2) is 72.9 Å². The van der Waals surface area contributed by atoms with Gasteiger partial charge in [-0.15, -0.1) is 29.3 Å². The van der Waals surface area contributed by atoms with Crippen LogP contribution in [0.5, 0.6) is 11.5 Å². The van der Waals surface area contributed by atoms with Gasteiger partial charge in [-0.05, 0) is 68.0 Å². The van der Waals surface area contributed by atoms with Gasteiger partial charge >= 0.3 is 0 Å². The van der Waals surface area contributed by atoms with Crippen molar-refractivity contribution in [1.29, 1.82) is 0 Å². The van der Waals surface area contributed by atoms with Crippen molar-refractivity contribution in [2.45, 2.75) is 65.0 Å². The maximum absolute atomic E-state index is 6.39. The minimum absolute atomic E-state index is 0. The van der Waals surface area contributed by atoms with Crippen LogP contribution in [0, 0.1) is 12.1 Å². The molecule has 0 N–H and O–H groups in total. The second-order valence-corrected chi connectivity index (χ2v) is 12.7. The van der Waals surface area contributed by atoms with Crippen molar-refractivity contribution in [2.24, 2.45) is 0 Å². The molecule has 5 aromatic rings. The monoisotopic (exact) mass is 723 g/mol. The molecule has 214 valence electrons. The van der Waals surface area contributed by atoms with Gasteiger partial charge in [-0.1, -0.05) is 44.5 Å². The van der Waals surface area contributed by atoms with Crippen molar-refractivity contribution in [1.82, 2.24) is 9.55 Å². The van der Waals surface area contributed by atoms with Crippen molar-refractivity contribution in [3.8, 4) is 17.3 Å². The maximum atomic E-state index is 6.39. The molecule has 0 saturated heterocycles. The Morgan fingerprint density at radius 2 is 1.59 bits per heavy atom. The second kappa shape index (κ2) is 10.1. The molecule has 1 aliphatic rings. The van der Waals surface area contributed by atoms with E-state index in [1.165, 1.54) is 5.56 Å². The predicted octanol–water partition coefficient (Wildman–Crippen LogP) is 7.79. The molecule has 0 fully saturated rings. The molecule has 0 saturated carbocycles. The van der Waals surface area contributed by atoms with Gasteiger partial charge in [-0.2, -0.15) is 18.2 Å². The van der Waals surface area contributed by atoms with E-state index in [0.717, 1.165) is 33.3 Å². The average molecular weight is 724 g/mol. The number of aromatic nitrogens is 2. The number of likely N-dealkylation sites (N-methyl/N-ethyl adjacent to an activating group) is 1. The molecule has 0 amide bonds. The number of rotatable bonds is 4. The molecule has 6 rings (SSSR count). The third-order valence-electron chi connectivity index (χ3n) is 8.76. The molecule has 0 bridgehead atoms. The van der Waals surface area contributed by atoms with E-state index in [4.69, 9.17) is 9.72 Å². The summed E-state index contributed by atoms with van der Waals surface area (Å²) in [7, 11) is 2.07. The Kier molecular flexibility index (Phi) is 7.19. The van der Waals surface area contributed by atoms with Crippen LogP contribution >= 0.6 is 0 Å². The first-order chi connectivity index (χ1) is 18.9. The Labute approximate surface area is 257 Å². The van der Waals surface area contributed by atoms with Crippen LogP contribution in [0.3, 0.4) is 0 Å². The van der Waals surface area contributed by atoms with Gasteiger partial charge < -0.3 is 18.8 Å². The summed E-state index contributed by atoms with van der Waals surface area (Å²) in [6.45, 7) is 15.6. The van der Waals surface area contributed by atoms with Crippen molar-refractivity contribution < 1.29 is 30.4 Å². The Morgan fingerprint density at radius 3 is 2.29 bits per heavy atom. The summed E-state index contributed by atoms with van der Waals surface area (Å²) in [4.78, 5) is 6.93. The Morgan fingerprint density at radius 1 is 0.854 bits per heavy atom. The topological polar surface area (TPSA) is 33.3 Å². The Balaban J connectivity index is 0.00000337. The van der Waals surface area contributed by atoms with E-state index in [1.54, 1.807) is 0 Å². The zero-order chi connectivity index (χ0) is 28.4. The Bertz CT molecular complexity index is 1790. The molecule has 0 unspecified atom stereocenters. The number of anilines is 1. The molecule has 41 heavy (non-hydrogen) atoms. The van der Waals surface area contributed by atoms with Gasteiger partial charge in [-0.3, -0.25) is 0 Å². The predicted molar refractivity (Wildman–Crippen MR) is 163 cm³/mol. The third kappa shape index (κ3) is 4.78. The summed E-state index contributed by atoms with van der Waals surface area (Å²) in [5.74, 6) is 2.13. The van der Waals surface area contributed by atoms with Gasteiger partial charge in [0, 0.05) is 38.5 Å². The zero-order valence-electron chi connectivity index (χ0n) is 24.9. The summed E-state index contributed by atoms with van der Waals surface area (Å²) in [6.07, 6.45) is 5.38. The number of pyridine rings is 1. The van der Waals surface area contributed by atoms with Gasteiger partial charge in [0.25, 0.3) is 0 Å². The number of benzene rings is 3. The molecule has 3 heterocycles. The molecule has 1 aliphatic heterocycles. The fourth-order valence-electron chi connectivity index (χ4n) is 5.36. The van der Waals surface area contributed by atoms with E-state index in [0.29, 0.717) is 11.5 Å². The van der Waals surface area contributed by atoms with Gasteiger partial charge in [0.15, 0.2) is 0 Å². The molecular weight excluding hydrogens is 687 g/mol. The van der Waals surface area contributed by atoms with Crippen LogP contribution < -0.4 is 9.64 Å². The largest absolute Gasteiger partial charge is 0.511 e. The van der Waals surface area contributed by atoms with Gasteiger partial charge in [0.2, 0.25) is 0 Å². The summed E-state index contributed by atoms with van der Waals surface area (Å²) < 4.78 is 10.7. The minimum atomic E-state index is -0.183. The first kappa shape index (κ1) is 29.1. The number of hydrogen-bond acceptors (Lipinski definition) is 3. The number of para-hydroxylation sites is 1. The van der Waals surface area contributed by atoms with Crippen LogP contribution in [0.4, 0.5) is 5.69 Å². The molecule has 5 nitrogen and oxygen atoms in total. The Hall–Kier alpha value is -3.43. The summed E-state index contributed by atoms with van der Waals surface area (Å²) in [5.41, 5.74) is 3.90. The van der Waals surface area contributed by atoms with Crippen molar-refractivity contribution in [3.05, 3.63) is 90.6 Å². The SMILES string of the molecule is C[N+]1=[C-]N(c2[c-]c(Oc3[c-]c4c(cc3)c3ccccc3n4-c3cc(C(C)(C)C)ccn3)ccc2)C(C)(C)C1(C)C.[Pt]. The smallest absolute Gasteiger partial charge is 0.135 e. The molecule has 6 heteroatoms. The first-order valence-electron chi connectivity index (χ1n) is 13.8. The number of nitrogens with zero attached hydrogens (tertiary/aromatic N) is 4. The van der Waals surface area contributed by atoms with E-state index in [2.05, 4.69) is 137 Å². The fraction of sp³-hybridized carbons (Fsp3) is 0.314. The minimum Gasteiger partial charge on any atom is -0.511 e. The summed E-state index contributed by atoms with van der Waals surface area (Å²) in [5, 5.41) is 2.27. The summed E-state index contributed by atoms with van der Waals surface area (Å²) in [6, 6.07) is 29.8. The molecule has 0 radical (unpaired) electrons. The number of fused-ring (bicyclic) bond motifs is 3. The van der Waals surface area contributed by atoms with E-state index >= 15 is 0 Å². The molecule has 0 aliphatic carbocycles. The van der Waals surface area contributed by atoms with E-state index in [9.17, 15) is 0 Å². The van der Waals surface area contributed by atoms with E-state index < -0.39 is 0 Å². The van der Waals surface area contributed by atoms with Crippen LogP contribution in [0.25, 0.3) is 27.6 Å². The molecule has 2 aromatic heterocycles. The second-order valence-electron chi connectivity index (χ2n) is 12.7. The fourth-order valence-corrected chi connectivity index (χ4v) is 5.36. The van der Waals surface area contributed by atoms with E-state index in [-0.39, 0.29) is 37.6 Å². The van der Waals surface area contributed by atoms with Crippen molar-refractivity contribution >= 4 is 33.8 Å². The van der Waals surface area contributed by atoms with Crippen LogP contribution in [-0.4, -0.2) is 38.6 Å². The first-order valence-corrected chi connectivity index (χ1v) is 13.8. The molecule has 0 spiro atoms. The molecule has 0 atom stereocenters. The number of ether oxygens (including phenoxy) is 1. The van der Waals surface area contributed by atoms with Gasteiger partial charge in [0.05, 0.1) is 7.05 Å². The zero-order valence-corrected chi connectivity index (χ0v) is 27.2. The average Bonchev–Trinajstić information content (AvgIpc) is 3.32. The van der Waals surface area contributed by atoms with Crippen molar-refractivity contribution in [3.63, 3.8) is 0 Å². The third-order valence-corrected chi connectivity index (χ3v) is 8.76. The van der Waals surface area contributed by atoms with E-state index in [1.807, 2.05) is 24.4 Å². The van der Waals surface area contributed by atoms with Gasteiger partial charge in [-0.25, -0.2) is 11.1 Å². The molecular formula is C35H36N4OPt-2.